The number of benzene rings is 1. The molecule has 0 aliphatic carbocycles. The summed E-state index contributed by atoms with van der Waals surface area (Å²) in [5.41, 5.74) is 11.9. The fraction of sp³-hybridized carbons (Fsp3) is 0.111. The Morgan fingerprint density at radius 2 is 2.17 bits per heavy atom. The van der Waals surface area contributed by atoms with Crippen molar-refractivity contribution < 1.29 is 4.39 Å². The van der Waals surface area contributed by atoms with E-state index in [-0.39, 0.29) is 5.82 Å². The Morgan fingerprint density at radius 1 is 1.50 bits per heavy atom. The molecule has 12 heavy (non-hydrogen) atoms. The molecule has 1 rings (SSSR count). The summed E-state index contributed by atoms with van der Waals surface area (Å²) in [5.74, 6) is -0.350. The van der Waals surface area contributed by atoms with Crippen molar-refractivity contribution in [3.8, 4) is 0 Å². The lowest BCUT2D eigenvalue weighted by atomic mass is 10.1. The van der Waals surface area contributed by atoms with Gasteiger partial charge in [0.1, 0.15) is 5.82 Å². The molecule has 1 unspecified atom stereocenters. The van der Waals surface area contributed by atoms with E-state index in [1.54, 1.807) is 0 Å². The number of rotatable bonds is 2. The highest BCUT2D eigenvalue weighted by molar-refractivity contribution is 5.43. The summed E-state index contributed by atoms with van der Waals surface area (Å²) in [6.07, 6.45) is 1.47. The number of halogens is 1. The van der Waals surface area contributed by atoms with Crippen molar-refractivity contribution >= 4 is 5.69 Å². The number of nitrogen functional groups attached to an aromatic ring is 1. The van der Waals surface area contributed by atoms with Gasteiger partial charge in [0.25, 0.3) is 0 Å². The molecule has 1 atom stereocenters. The van der Waals surface area contributed by atoms with Crippen LogP contribution < -0.4 is 11.5 Å². The van der Waals surface area contributed by atoms with Gasteiger partial charge in [0.2, 0.25) is 0 Å². The molecule has 2 nitrogen and oxygen atoms in total. The van der Waals surface area contributed by atoms with Gasteiger partial charge in [0.05, 0.1) is 6.04 Å². The molecular weight excluding hydrogens is 155 g/mol. The van der Waals surface area contributed by atoms with Gasteiger partial charge in [-0.3, -0.25) is 0 Å². The molecule has 0 amide bonds. The summed E-state index contributed by atoms with van der Waals surface area (Å²) in [4.78, 5) is 0. The van der Waals surface area contributed by atoms with Crippen molar-refractivity contribution in [1.82, 2.24) is 0 Å². The van der Waals surface area contributed by atoms with Gasteiger partial charge in [-0.2, -0.15) is 0 Å². The molecule has 0 heterocycles. The molecule has 0 fully saturated rings. The van der Waals surface area contributed by atoms with Crippen LogP contribution in [-0.2, 0) is 0 Å². The zero-order chi connectivity index (χ0) is 9.14. The molecular formula is C9H11FN2. The predicted molar refractivity (Wildman–Crippen MR) is 47.9 cm³/mol. The van der Waals surface area contributed by atoms with Crippen LogP contribution in [0, 0.1) is 5.82 Å². The highest BCUT2D eigenvalue weighted by Crippen LogP contribution is 2.18. The summed E-state index contributed by atoms with van der Waals surface area (Å²) in [7, 11) is 0. The molecule has 0 saturated heterocycles. The maximum absolute atomic E-state index is 13.0. The predicted octanol–water partition coefficient (Wildman–Crippen LogP) is 1.59. The maximum atomic E-state index is 13.0. The summed E-state index contributed by atoms with van der Waals surface area (Å²) in [5, 5.41) is 0. The van der Waals surface area contributed by atoms with E-state index in [1.807, 2.05) is 0 Å². The van der Waals surface area contributed by atoms with Gasteiger partial charge in [0, 0.05) is 11.3 Å². The number of hydrogen-bond donors (Lipinski definition) is 2. The minimum Gasteiger partial charge on any atom is -0.399 e. The van der Waals surface area contributed by atoms with Crippen LogP contribution in [0.4, 0.5) is 10.1 Å². The molecule has 0 aliphatic rings. The van der Waals surface area contributed by atoms with E-state index < -0.39 is 6.04 Å². The molecule has 1 aromatic rings. The van der Waals surface area contributed by atoms with Crippen molar-refractivity contribution in [2.75, 3.05) is 5.73 Å². The highest BCUT2D eigenvalue weighted by Gasteiger charge is 2.07. The van der Waals surface area contributed by atoms with E-state index in [9.17, 15) is 4.39 Å². The third-order valence-electron chi connectivity index (χ3n) is 1.63. The minimum absolute atomic E-state index is 0.350. The Hall–Kier alpha value is -1.35. The van der Waals surface area contributed by atoms with Gasteiger partial charge in [0.15, 0.2) is 0 Å². The van der Waals surface area contributed by atoms with Crippen LogP contribution in [0.1, 0.15) is 11.6 Å². The highest BCUT2D eigenvalue weighted by atomic mass is 19.1. The number of nitrogens with two attached hydrogens (primary N) is 2. The van der Waals surface area contributed by atoms with Gasteiger partial charge in [-0.25, -0.2) is 4.39 Å². The van der Waals surface area contributed by atoms with Gasteiger partial charge >= 0.3 is 0 Å². The Kier molecular flexibility index (Phi) is 2.45. The van der Waals surface area contributed by atoms with Crippen LogP contribution in [0.15, 0.2) is 30.9 Å². The molecule has 3 heteroatoms. The number of hydrogen-bond acceptors (Lipinski definition) is 2. The van der Waals surface area contributed by atoms with Gasteiger partial charge in [-0.05, 0) is 18.2 Å². The van der Waals surface area contributed by atoms with Crippen LogP contribution in [0.25, 0.3) is 0 Å². The van der Waals surface area contributed by atoms with Crippen LogP contribution in [0.2, 0.25) is 0 Å². The van der Waals surface area contributed by atoms with Crippen LogP contribution in [0.3, 0.4) is 0 Å². The van der Waals surface area contributed by atoms with E-state index in [2.05, 4.69) is 6.58 Å². The van der Waals surface area contributed by atoms with Gasteiger partial charge in [-0.15, -0.1) is 6.58 Å². The molecule has 64 valence electrons. The van der Waals surface area contributed by atoms with E-state index in [4.69, 9.17) is 11.5 Å². The molecule has 0 aromatic heterocycles. The van der Waals surface area contributed by atoms with E-state index in [0.29, 0.717) is 11.3 Å². The quantitative estimate of drug-likeness (QED) is 0.518. The molecule has 0 spiro atoms. The standard InChI is InChI=1S/C9H11FN2/c1-2-9(12)7-5-6(11)3-4-8(7)10/h2-5,9H,1,11-12H2. The second-order valence-electron chi connectivity index (χ2n) is 2.54. The molecule has 0 bridgehead atoms. The van der Waals surface area contributed by atoms with Gasteiger partial charge in [-0.1, -0.05) is 6.08 Å². The third-order valence-corrected chi connectivity index (χ3v) is 1.63. The second-order valence-corrected chi connectivity index (χ2v) is 2.54. The van der Waals surface area contributed by atoms with Gasteiger partial charge < -0.3 is 11.5 Å². The van der Waals surface area contributed by atoms with Crippen LogP contribution in [-0.4, -0.2) is 0 Å². The smallest absolute Gasteiger partial charge is 0.128 e. The lowest BCUT2D eigenvalue weighted by Crippen LogP contribution is -2.09. The Labute approximate surface area is 70.7 Å². The first-order valence-electron chi connectivity index (χ1n) is 3.58. The second kappa shape index (κ2) is 3.36. The summed E-state index contributed by atoms with van der Waals surface area (Å²) in [6, 6.07) is 3.82. The largest absolute Gasteiger partial charge is 0.399 e. The van der Waals surface area contributed by atoms with E-state index >= 15 is 0 Å². The van der Waals surface area contributed by atoms with Crippen molar-refractivity contribution in [2.24, 2.45) is 5.73 Å². The van der Waals surface area contributed by atoms with Crippen molar-refractivity contribution in [3.05, 3.63) is 42.2 Å². The summed E-state index contributed by atoms with van der Waals surface area (Å²) >= 11 is 0. The fourth-order valence-corrected chi connectivity index (χ4v) is 0.945. The normalized spacial score (nSPS) is 12.5. The fourth-order valence-electron chi connectivity index (χ4n) is 0.945. The average Bonchev–Trinajstić information content (AvgIpc) is 2.08. The molecule has 1 aromatic carbocycles. The summed E-state index contributed by atoms with van der Waals surface area (Å²) < 4.78 is 13.0. The lowest BCUT2D eigenvalue weighted by Gasteiger charge is -2.08. The van der Waals surface area contributed by atoms with E-state index in [0.717, 1.165) is 0 Å². The minimum atomic E-state index is -0.492. The Balaban J connectivity index is 3.12. The van der Waals surface area contributed by atoms with E-state index in [1.165, 1.54) is 24.3 Å². The lowest BCUT2D eigenvalue weighted by molar-refractivity contribution is 0.602. The average molecular weight is 166 g/mol. The molecule has 0 aliphatic heterocycles. The van der Waals surface area contributed by atoms with Crippen LogP contribution >= 0.6 is 0 Å². The topological polar surface area (TPSA) is 52.0 Å². The SMILES string of the molecule is C=CC(N)c1cc(N)ccc1F. The molecule has 4 N–H and O–H groups in total. The first-order valence-corrected chi connectivity index (χ1v) is 3.58. The first kappa shape index (κ1) is 8.74. The third kappa shape index (κ3) is 1.62. The maximum Gasteiger partial charge on any atom is 0.128 e. The first-order chi connectivity index (χ1) is 5.65. The molecule has 0 saturated carbocycles. The van der Waals surface area contributed by atoms with Crippen LogP contribution in [0.5, 0.6) is 0 Å². The van der Waals surface area contributed by atoms with Crippen molar-refractivity contribution in [3.63, 3.8) is 0 Å². The monoisotopic (exact) mass is 166 g/mol. The Morgan fingerprint density at radius 3 is 2.75 bits per heavy atom. The van der Waals surface area contributed by atoms with Crippen molar-refractivity contribution in [1.29, 1.82) is 0 Å². The summed E-state index contributed by atoms with van der Waals surface area (Å²) in [6.45, 7) is 3.48. The number of anilines is 1. The zero-order valence-electron chi connectivity index (χ0n) is 6.63. The zero-order valence-corrected chi connectivity index (χ0v) is 6.63. The van der Waals surface area contributed by atoms with Crippen molar-refractivity contribution in [2.45, 2.75) is 6.04 Å². The molecule has 0 radical (unpaired) electrons. The Bertz CT molecular complexity index is 297.